The molecule has 5 rings (SSSR count). The highest BCUT2D eigenvalue weighted by Gasteiger charge is 2.31. The lowest BCUT2D eigenvalue weighted by Gasteiger charge is -2.40. The molecule has 0 spiro atoms. The van der Waals surface area contributed by atoms with Crippen LogP contribution in [-0.2, 0) is 0 Å². The second-order valence-corrected chi connectivity index (χ2v) is 9.39. The number of anilines is 1. The molecule has 2 saturated heterocycles. The number of hydrogen-bond donors (Lipinski definition) is 2. The monoisotopic (exact) mass is 467 g/mol. The number of piperidine rings is 2. The summed E-state index contributed by atoms with van der Waals surface area (Å²) >= 11 is 6.51. The number of nitrogens with one attached hydrogen (secondary N) is 2. The lowest BCUT2D eigenvalue weighted by atomic mass is 10.1. The number of carbonyl (C=O) groups is 1. The minimum Gasteiger partial charge on any atom is -0.360 e. The quantitative estimate of drug-likeness (QED) is 0.548. The summed E-state index contributed by atoms with van der Waals surface area (Å²) in [6, 6.07) is 8.14. The highest BCUT2D eigenvalue weighted by atomic mass is 35.5. The average Bonchev–Trinajstić information content (AvgIpc) is 3.28. The van der Waals surface area contributed by atoms with Gasteiger partial charge in [0.25, 0.3) is 0 Å². The molecule has 3 aromatic rings. The SMILES string of the molecule is CN1CCC(N(Nc2ncc(Cl)c(-c3c[nH]c4ccccc34)n2)C(=O)N2CCCCC2)CC1. The molecule has 0 unspecified atom stereocenters. The highest BCUT2D eigenvalue weighted by molar-refractivity contribution is 6.33. The number of benzene rings is 1. The van der Waals surface area contributed by atoms with Crippen LogP contribution in [-0.4, -0.2) is 75.1 Å². The van der Waals surface area contributed by atoms with Crippen LogP contribution in [0.5, 0.6) is 0 Å². The Morgan fingerprint density at radius 2 is 1.91 bits per heavy atom. The van der Waals surface area contributed by atoms with E-state index in [-0.39, 0.29) is 12.1 Å². The van der Waals surface area contributed by atoms with Crippen molar-refractivity contribution in [2.24, 2.45) is 0 Å². The predicted octanol–water partition coefficient (Wildman–Crippen LogP) is 4.61. The number of aromatic amines is 1. The van der Waals surface area contributed by atoms with Crippen LogP contribution in [0, 0.1) is 0 Å². The van der Waals surface area contributed by atoms with Crippen molar-refractivity contribution in [1.82, 2.24) is 29.8 Å². The summed E-state index contributed by atoms with van der Waals surface area (Å²) < 4.78 is 0. The third kappa shape index (κ3) is 4.63. The second kappa shape index (κ2) is 9.57. The fourth-order valence-electron chi connectivity index (χ4n) is 4.77. The number of H-pyrrole nitrogens is 1. The molecule has 2 aliphatic heterocycles. The third-order valence-corrected chi connectivity index (χ3v) is 6.97. The number of hydrogen-bond acceptors (Lipinski definition) is 5. The van der Waals surface area contributed by atoms with Crippen LogP contribution in [0.1, 0.15) is 32.1 Å². The standard InChI is InChI=1S/C24H30ClN7O/c1-30-13-9-17(10-14-30)32(24(33)31-11-5-2-6-12-31)29-23-27-16-20(25)22(28-23)19-15-26-21-8-4-3-7-18(19)21/h3-4,7-8,15-17,26H,2,5-6,9-14H2,1H3,(H,27,28,29). The van der Waals surface area contributed by atoms with E-state index in [4.69, 9.17) is 16.6 Å². The third-order valence-electron chi connectivity index (χ3n) is 6.69. The number of aromatic nitrogens is 3. The van der Waals surface area contributed by atoms with E-state index in [1.807, 2.05) is 35.4 Å². The number of para-hydroxylation sites is 1. The molecule has 2 amide bonds. The molecule has 9 heteroatoms. The Morgan fingerprint density at radius 3 is 2.70 bits per heavy atom. The fraction of sp³-hybridized carbons (Fsp3) is 0.458. The first-order valence-corrected chi connectivity index (χ1v) is 12.1. The number of halogens is 1. The van der Waals surface area contributed by atoms with E-state index in [0.29, 0.717) is 16.7 Å². The number of hydrazine groups is 1. The molecule has 2 fully saturated rings. The van der Waals surface area contributed by atoms with Gasteiger partial charge in [-0.15, -0.1) is 0 Å². The lowest BCUT2D eigenvalue weighted by Crippen LogP contribution is -2.55. The molecule has 2 aromatic heterocycles. The van der Waals surface area contributed by atoms with E-state index >= 15 is 0 Å². The number of amides is 2. The van der Waals surface area contributed by atoms with Gasteiger partial charge in [0.15, 0.2) is 0 Å². The fourth-order valence-corrected chi connectivity index (χ4v) is 4.96. The number of urea groups is 1. The summed E-state index contributed by atoms with van der Waals surface area (Å²) in [6.45, 7) is 3.51. The van der Waals surface area contributed by atoms with Gasteiger partial charge in [0.1, 0.15) is 0 Å². The molecule has 0 radical (unpaired) electrons. The van der Waals surface area contributed by atoms with Crippen molar-refractivity contribution < 1.29 is 4.79 Å². The Morgan fingerprint density at radius 1 is 1.15 bits per heavy atom. The zero-order valence-corrected chi connectivity index (χ0v) is 19.7. The summed E-state index contributed by atoms with van der Waals surface area (Å²) in [6.07, 6.45) is 8.62. The Kier molecular flexibility index (Phi) is 6.37. The molecular formula is C24H30ClN7O. The van der Waals surface area contributed by atoms with Crippen LogP contribution in [0.25, 0.3) is 22.2 Å². The molecule has 1 aromatic carbocycles. The van der Waals surface area contributed by atoms with Gasteiger partial charge < -0.3 is 14.8 Å². The van der Waals surface area contributed by atoms with Gasteiger partial charge >= 0.3 is 6.03 Å². The molecule has 2 aliphatic rings. The van der Waals surface area contributed by atoms with Gasteiger partial charge in [0, 0.05) is 35.8 Å². The van der Waals surface area contributed by atoms with Crippen molar-refractivity contribution in [2.45, 2.75) is 38.1 Å². The van der Waals surface area contributed by atoms with Crippen LogP contribution >= 0.6 is 11.6 Å². The van der Waals surface area contributed by atoms with Crippen LogP contribution in [0.4, 0.5) is 10.7 Å². The Bertz CT molecular complexity index is 1120. The molecule has 0 bridgehead atoms. The van der Waals surface area contributed by atoms with Crippen molar-refractivity contribution in [2.75, 3.05) is 38.7 Å². The first kappa shape index (κ1) is 22.0. The molecule has 0 atom stereocenters. The van der Waals surface area contributed by atoms with Crippen LogP contribution in [0.2, 0.25) is 5.02 Å². The molecule has 33 heavy (non-hydrogen) atoms. The van der Waals surface area contributed by atoms with E-state index in [9.17, 15) is 4.79 Å². The lowest BCUT2D eigenvalue weighted by molar-refractivity contribution is 0.112. The molecule has 174 valence electrons. The van der Waals surface area contributed by atoms with Crippen molar-refractivity contribution in [3.63, 3.8) is 0 Å². The summed E-state index contributed by atoms with van der Waals surface area (Å²) in [4.78, 5) is 30.2. The Hall–Kier alpha value is -2.84. The summed E-state index contributed by atoms with van der Waals surface area (Å²) in [5.74, 6) is 0.379. The van der Waals surface area contributed by atoms with E-state index < -0.39 is 0 Å². The maximum atomic E-state index is 13.5. The minimum absolute atomic E-state index is 0.0106. The number of rotatable bonds is 4. The van der Waals surface area contributed by atoms with E-state index in [2.05, 4.69) is 27.3 Å². The van der Waals surface area contributed by atoms with E-state index in [0.717, 1.165) is 68.3 Å². The molecule has 4 heterocycles. The summed E-state index contributed by atoms with van der Waals surface area (Å²) in [7, 11) is 2.12. The maximum absolute atomic E-state index is 13.5. The number of carbonyl (C=O) groups excluding carboxylic acids is 1. The average molecular weight is 468 g/mol. The van der Waals surface area contributed by atoms with Crippen molar-refractivity contribution in [3.8, 4) is 11.3 Å². The smallest absolute Gasteiger partial charge is 0.338 e. The summed E-state index contributed by atoms with van der Waals surface area (Å²) in [5, 5.41) is 3.28. The van der Waals surface area contributed by atoms with Gasteiger partial charge in [-0.1, -0.05) is 29.8 Å². The van der Waals surface area contributed by atoms with Crippen LogP contribution in [0.15, 0.2) is 36.7 Å². The van der Waals surface area contributed by atoms with Gasteiger partial charge in [-0.25, -0.2) is 19.8 Å². The van der Waals surface area contributed by atoms with Gasteiger partial charge in [0.05, 0.1) is 23.0 Å². The predicted molar refractivity (Wildman–Crippen MR) is 131 cm³/mol. The number of nitrogens with zero attached hydrogens (tertiary/aromatic N) is 5. The molecule has 0 aliphatic carbocycles. The summed E-state index contributed by atoms with van der Waals surface area (Å²) in [5.41, 5.74) is 5.84. The zero-order valence-electron chi connectivity index (χ0n) is 18.9. The number of fused-ring (bicyclic) bond motifs is 1. The van der Waals surface area contributed by atoms with Gasteiger partial charge in [0.2, 0.25) is 5.95 Å². The second-order valence-electron chi connectivity index (χ2n) is 8.98. The maximum Gasteiger partial charge on any atom is 0.338 e. The Balaban J connectivity index is 1.45. The van der Waals surface area contributed by atoms with Gasteiger partial charge in [-0.2, -0.15) is 0 Å². The molecule has 8 nitrogen and oxygen atoms in total. The van der Waals surface area contributed by atoms with E-state index in [1.165, 1.54) is 6.42 Å². The Labute approximate surface area is 198 Å². The first-order chi connectivity index (χ1) is 16.1. The van der Waals surface area contributed by atoms with Gasteiger partial charge in [-0.3, -0.25) is 5.43 Å². The van der Waals surface area contributed by atoms with Crippen molar-refractivity contribution in [1.29, 1.82) is 0 Å². The van der Waals surface area contributed by atoms with Crippen LogP contribution < -0.4 is 5.43 Å². The highest BCUT2D eigenvalue weighted by Crippen LogP contribution is 2.32. The normalized spacial score (nSPS) is 17.9. The molecular weight excluding hydrogens is 438 g/mol. The topological polar surface area (TPSA) is 80.4 Å². The molecule has 0 saturated carbocycles. The zero-order chi connectivity index (χ0) is 22.8. The first-order valence-electron chi connectivity index (χ1n) is 11.7. The van der Waals surface area contributed by atoms with Crippen LogP contribution in [0.3, 0.4) is 0 Å². The largest absolute Gasteiger partial charge is 0.360 e. The van der Waals surface area contributed by atoms with Crippen molar-refractivity contribution >= 4 is 34.5 Å². The molecule has 2 N–H and O–H groups in total. The van der Waals surface area contributed by atoms with E-state index in [1.54, 1.807) is 11.2 Å². The minimum atomic E-state index is 0.0106. The van der Waals surface area contributed by atoms with Crippen molar-refractivity contribution in [3.05, 3.63) is 41.7 Å². The van der Waals surface area contributed by atoms with Gasteiger partial charge in [-0.05, 0) is 58.3 Å². The number of likely N-dealkylation sites (tertiary alicyclic amines) is 2.